The summed E-state index contributed by atoms with van der Waals surface area (Å²) in [6.45, 7) is 1.80. The summed E-state index contributed by atoms with van der Waals surface area (Å²) >= 11 is 1.14. The molecule has 2 amide bonds. The second-order valence-electron chi connectivity index (χ2n) is 6.29. The smallest absolute Gasteiger partial charge is 0.340 e. The van der Waals surface area contributed by atoms with E-state index in [1.807, 2.05) is 54.6 Å². The van der Waals surface area contributed by atoms with Gasteiger partial charge in [-0.3, -0.25) is 9.59 Å². The lowest BCUT2D eigenvalue weighted by atomic mass is 10.0. The maximum atomic E-state index is 12.3. The van der Waals surface area contributed by atoms with Crippen LogP contribution in [-0.2, 0) is 14.3 Å². The number of amides is 2. The Morgan fingerprint density at radius 2 is 1.55 bits per heavy atom. The van der Waals surface area contributed by atoms with Crippen molar-refractivity contribution >= 4 is 34.1 Å². The van der Waals surface area contributed by atoms with Gasteiger partial charge in [0, 0.05) is 0 Å². The number of nitrogens with one attached hydrogen (secondary N) is 2. The normalized spacial score (nSPS) is 11.4. The number of carbonyl (C=O) groups excluding carboxylic acids is 3. The Labute approximate surface area is 172 Å². The first-order chi connectivity index (χ1) is 14.0. The molecule has 7 heteroatoms. The average Bonchev–Trinajstić information content (AvgIpc) is 3.22. The Kier molecular flexibility index (Phi) is 6.41. The number of carbonyl (C=O) groups is 3. The number of ether oxygens (including phenoxy) is 1. The minimum Gasteiger partial charge on any atom is -0.465 e. The molecule has 0 fully saturated rings. The first-order valence-electron chi connectivity index (χ1n) is 8.92. The third-order valence-electron chi connectivity index (χ3n) is 4.37. The molecule has 6 nitrogen and oxygen atoms in total. The first-order valence-corrected chi connectivity index (χ1v) is 9.80. The summed E-state index contributed by atoms with van der Waals surface area (Å²) in [7, 11) is 1.25. The number of benzene rings is 2. The van der Waals surface area contributed by atoms with E-state index in [2.05, 4.69) is 15.4 Å². The molecule has 0 spiro atoms. The van der Waals surface area contributed by atoms with E-state index in [1.54, 1.807) is 12.3 Å². The molecule has 0 aliphatic carbocycles. The molecule has 1 aromatic heterocycles. The van der Waals surface area contributed by atoms with Gasteiger partial charge in [0.1, 0.15) is 5.00 Å². The topological polar surface area (TPSA) is 84.5 Å². The fourth-order valence-corrected chi connectivity index (χ4v) is 3.55. The van der Waals surface area contributed by atoms with Crippen LogP contribution in [0.3, 0.4) is 0 Å². The number of rotatable bonds is 5. The Morgan fingerprint density at radius 3 is 2.21 bits per heavy atom. The molecule has 2 N–H and O–H groups in total. The fraction of sp³-hybridized carbons (Fsp3) is 0.136. The summed E-state index contributed by atoms with van der Waals surface area (Å²) in [5, 5.41) is 7.04. The van der Waals surface area contributed by atoms with Crippen molar-refractivity contribution in [3.8, 4) is 11.1 Å². The van der Waals surface area contributed by atoms with Crippen molar-refractivity contribution in [1.82, 2.24) is 5.32 Å². The van der Waals surface area contributed by atoms with Crippen LogP contribution in [0, 0.1) is 0 Å². The van der Waals surface area contributed by atoms with Gasteiger partial charge in [-0.15, -0.1) is 11.3 Å². The van der Waals surface area contributed by atoms with Crippen molar-refractivity contribution in [2.45, 2.75) is 13.0 Å². The van der Waals surface area contributed by atoms with Crippen LogP contribution >= 0.6 is 11.3 Å². The highest BCUT2D eigenvalue weighted by molar-refractivity contribution is 7.14. The molecule has 0 aliphatic heterocycles. The van der Waals surface area contributed by atoms with Gasteiger partial charge in [-0.1, -0.05) is 54.6 Å². The monoisotopic (exact) mass is 408 g/mol. The zero-order chi connectivity index (χ0) is 20.8. The van der Waals surface area contributed by atoms with E-state index in [-0.39, 0.29) is 16.6 Å². The summed E-state index contributed by atoms with van der Waals surface area (Å²) in [5.41, 5.74) is 3.26. The van der Waals surface area contributed by atoms with Gasteiger partial charge in [0.05, 0.1) is 18.7 Å². The largest absolute Gasteiger partial charge is 0.465 e. The van der Waals surface area contributed by atoms with E-state index >= 15 is 0 Å². The van der Waals surface area contributed by atoms with Gasteiger partial charge in [-0.05, 0) is 35.1 Å². The molecule has 1 atom stereocenters. The van der Waals surface area contributed by atoms with E-state index in [4.69, 9.17) is 0 Å². The molecule has 29 heavy (non-hydrogen) atoms. The van der Waals surface area contributed by atoms with Crippen LogP contribution in [0.15, 0.2) is 66.0 Å². The molecule has 0 aliphatic rings. The van der Waals surface area contributed by atoms with Crippen LogP contribution in [0.4, 0.5) is 5.00 Å². The van der Waals surface area contributed by atoms with Crippen LogP contribution in [-0.4, -0.2) is 24.9 Å². The highest BCUT2D eigenvalue weighted by Gasteiger charge is 2.21. The minimum atomic E-state index is -0.842. The van der Waals surface area contributed by atoms with Gasteiger partial charge < -0.3 is 15.4 Å². The van der Waals surface area contributed by atoms with Crippen LogP contribution in [0.2, 0.25) is 0 Å². The maximum Gasteiger partial charge on any atom is 0.340 e. The molecule has 3 aromatic rings. The van der Waals surface area contributed by atoms with Crippen molar-refractivity contribution in [2.24, 2.45) is 0 Å². The number of hydrogen-bond acceptors (Lipinski definition) is 5. The van der Waals surface area contributed by atoms with Gasteiger partial charge in [-0.2, -0.15) is 0 Å². The molecule has 1 unspecified atom stereocenters. The van der Waals surface area contributed by atoms with Crippen LogP contribution in [0.1, 0.15) is 28.9 Å². The summed E-state index contributed by atoms with van der Waals surface area (Å²) in [6.07, 6.45) is 0. The summed E-state index contributed by atoms with van der Waals surface area (Å²) in [6, 6.07) is 18.9. The number of methoxy groups -OCH3 is 1. The van der Waals surface area contributed by atoms with Gasteiger partial charge >= 0.3 is 17.8 Å². The minimum absolute atomic E-state index is 0.211. The van der Waals surface area contributed by atoms with Crippen molar-refractivity contribution in [1.29, 1.82) is 0 Å². The molecular weight excluding hydrogens is 388 g/mol. The van der Waals surface area contributed by atoms with E-state index in [0.717, 1.165) is 28.0 Å². The predicted molar refractivity (Wildman–Crippen MR) is 113 cm³/mol. The molecule has 1 heterocycles. The van der Waals surface area contributed by atoms with Crippen molar-refractivity contribution in [3.63, 3.8) is 0 Å². The van der Waals surface area contributed by atoms with E-state index in [1.165, 1.54) is 13.2 Å². The number of anilines is 1. The van der Waals surface area contributed by atoms with E-state index < -0.39 is 17.8 Å². The zero-order valence-electron chi connectivity index (χ0n) is 16.0. The van der Waals surface area contributed by atoms with E-state index in [9.17, 15) is 14.4 Å². The van der Waals surface area contributed by atoms with Gasteiger partial charge in [0.15, 0.2) is 0 Å². The number of hydrogen-bond donors (Lipinski definition) is 2. The lowest BCUT2D eigenvalue weighted by Crippen LogP contribution is -2.37. The van der Waals surface area contributed by atoms with Crippen molar-refractivity contribution in [3.05, 3.63) is 77.2 Å². The molecule has 148 valence electrons. The quantitative estimate of drug-likeness (QED) is 0.493. The lowest BCUT2D eigenvalue weighted by Gasteiger charge is -2.15. The molecule has 3 rings (SSSR count). The second-order valence-corrected chi connectivity index (χ2v) is 7.21. The Bertz CT molecular complexity index is 1010. The maximum absolute atomic E-state index is 12.3. The van der Waals surface area contributed by atoms with Crippen LogP contribution in [0.5, 0.6) is 0 Å². The lowest BCUT2D eigenvalue weighted by molar-refractivity contribution is -0.136. The predicted octanol–water partition coefficient (Wildman–Crippen LogP) is 4.02. The average molecular weight is 408 g/mol. The summed E-state index contributed by atoms with van der Waals surface area (Å²) < 4.78 is 4.66. The standard InChI is InChI=1S/C22H20N2O4S/c1-14(15-8-10-17(11-9-15)16-6-4-3-5-7-16)23-19(25)20(26)24-21-18(12-13-29-21)22(27)28-2/h3-14H,1-2H3,(H,23,25)(H,24,26). The second kappa shape index (κ2) is 9.16. The van der Waals surface area contributed by atoms with E-state index in [0.29, 0.717) is 0 Å². The molecule has 0 radical (unpaired) electrons. The van der Waals surface area contributed by atoms with Crippen LogP contribution < -0.4 is 10.6 Å². The number of esters is 1. The van der Waals surface area contributed by atoms with Gasteiger partial charge in [-0.25, -0.2) is 4.79 Å². The van der Waals surface area contributed by atoms with Gasteiger partial charge in [0.25, 0.3) is 0 Å². The molecule has 0 saturated carbocycles. The van der Waals surface area contributed by atoms with Crippen molar-refractivity contribution in [2.75, 3.05) is 12.4 Å². The molecule has 2 aromatic carbocycles. The Morgan fingerprint density at radius 1 is 0.897 bits per heavy atom. The first kappa shape index (κ1) is 20.3. The Balaban J connectivity index is 1.62. The SMILES string of the molecule is COC(=O)c1ccsc1NC(=O)C(=O)NC(C)c1ccc(-c2ccccc2)cc1. The molecule has 0 bridgehead atoms. The third-order valence-corrected chi connectivity index (χ3v) is 5.20. The van der Waals surface area contributed by atoms with Crippen molar-refractivity contribution < 1.29 is 19.1 Å². The molecule has 0 saturated heterocycles. The highest BCUT2D eigenvalue weighted by atomic mass is 32.1. The zero-order valence-corrected chi connectivity index (χ0v) is 16.8. The van der Waals surface area contributed by atoms with Crippen LogP contribution in [0.25, 0.3) is 11.1 Å². The summed E-state index contributed by atoms with van der Waals surface area (Å²) in [5.74, 6) is -2.20. The highest BCUT2D eigenvalue weighted by Crippen LogP contribution is 2.24. The van der Waals surface area contributed by atoms with Gasteiger partial charge in [0.2, 0.25) is 0 Å². The number of thiophene rings is 1. The summed E-state index contributed by atoms with van der Waals surface area (Å²) in [4.78, 5) is 36.1. The fourth-order valence-electron chi connectivity index (χ4n) is 2.78. The molecular formula is C22H20N2O4S. The third kappa shape index (κ3) is 4.89. The Hall–Kier alpha value is -3.45.